The zero-order chi connectivity index (χ0) is 79.3. The molecule has 5 heteroatoms. The topological polar surface area (TPSA) is 24.6 Å². The van der Waals surface area contributed by atoms with Crippen LogP contribution in [0.1, 0.15) is 123 Å². The lowest BCUT2D eigenvalue weighted by Crippen LogP contribution is -2.61. The van der Waals surface area contributed by atoms with E-state index in [9.17, 15) is 13.7 Å². The summed E-state index contributed by atoms with van der Waals surface area (Å²) < 4.78 is 131. The average Bonchev–Trinajstić information content (AvgIpc) is 1.44. The van der Waals surface area contributed by atoms with Crippen LogP contribution >= 0.6 is 0 Å². The van der Waals surface area contributed by atoms with Crippen LogP contribution in [0, 0.1) is 0 Å². The van der Waals surface area contributed by atoms with Crippen molar-refractivity contribution in [2.24, 2.45) is 0 Å². The van der Waals surface area contributed by atoms with E-state index in [4.69, 9.17) is 8.53 Å². The number of furan rings is 1. The summed E-state index contributed by atoms with van der Waals surface area (Å²) in [7, 11) is 0. The predicted octanol–water partition coefficient (Wildman–Crippen LogP) is 24.3. The zero-order valence-corrected chi connectivity index (χ0v) is 57.9. The molecule has 13 aromatic carbocycles. The summed E-state index contributed by atoms with van der Waals surface area (Å²) >= 11 is 0. The Morgan fingerprint density at radius 2 is 0.798 bits per heavy atom. The van der Waals surface area contributed by atoms with E-state index in [-0.39, 0.29) is 61.1 Å². The number of anilines is 6. The Balaban J connectivity index is 1.12. The molecular weight excluding hydrogens is 1200 g/mol. The average molecular weight is 1290 g/mol. The molecule has 99 heavy (non-hydrogen) atoms. The number of hydrogen-bond donors (Lipinski definition) is 0. The minimum atomic E-state index is -0.712. The predicted molar refractivity (Wildman–Crippen MR) is 424 cm³/mol. The normalized spacial score (nSPS) is 15.0. The summed E-state index contributed by atoms with van der Waals surface area (Å²) in [6, 6.07) is 63.7. The fourth-order valence-corrected chi connectivity index (χ4v) is 15.0. The molecule has 15 aromatic rings. The van der Waals surface area contributed by atoms with Crippen LogP contribution in [0.2, 0.25) is 0 Å². The second-order valence-corrected chi connectivity index (χ2v) is 30.8. The Morgan fingerprint density at radius 3 is 1.41 bits per heavy atom. The van der Waals surface area contributed by atoms with Crippen LogP contribution < -0.4 is 26.2 Å². The molecule has 0 fully saturated rings. The summed E-state index contributed by atoms with van der Waals surface area (Å²) in [4.78, 5) is 4.69. The molecule has 0 N–H and O–H groups in total. The molecule has 2 aromatic heterocycles. The van der Waals surface area contributed by atoms with Crippen molar-refractivity contribution in [1.82, 2.24) is 4.57 Å². The Hall–Kier alpha value is -10.9. The zero-order valence-electron chi connectivity index (χ0n) is 70.9. The second kappa shape index (κ2) is 22.9. The molecule has 2 aliphatic rings. The molecule has 4 nitrogen and oxygen atoms in total. The number of para-hydroxylation sites is 3. The van der Waals surface area contributed by atoms with E-state index in [1.54, 1.807) is 4.57 Å². The smallest absolute Gasteiger partial charge is 0.252 e. The Kier molecular flexibility index (Phi) is 11.3. The van der Waals surface area contributed by atoms with Crippen LogP contribution in [-0.2, 0) is 21.7 Å². The molecule has 0 aliphatic carbocycles. The highest BCUT2D eigenvalue weighted by atomic mass is 16.3. The van der Waals surface area contributed by atoms with Gasteiger partial charge in [0.2, 0.25) is 0 Å². The lowest BCUT2D eigenvalue weighted by molar-refractivity contribution is 0.569. The fourth-order valence-electron chi connectivity index (χ4n) is 15.0. The summed E-state index contributed by atoms with van der Waals surface area (Å²) in [6.45, 7) is 26.0. The maximum atomic E-state index is 9.86. The van der Waals surface area contributed by atoms with Gasteiger partial charge >= 0.3 is 0 Å². The standard InChI is InChI=1S/C94H82BN3O/c1-91(2,3)67-36-28-35-62(47-67)66-51-83(88-74-39-24-27-42-86(74)99-87(88)54-66)97-82-58-71(96-79-40-25-22-37-72(79)73-38-23-26-41-80(73)96)44-46-78(82)95-77-45-43-63(59-29-16-13-17-30-59)50-81(77)98(85-53-65(52-84(97)89(85)95)64-48-68(92(4,5)6)55-69(49-64)93(7,8)9)90-75(60-31-18-14-19-32-60)56-70(94(10,11)12)57-76(90)61-33-20-15-21-34-61/h13-58H,1-12H3/i13D,16D,17D,22D,23D,25D,26D,29D,30D,37D,38D,40D,41D. The lowest BCUT2D eigenvalue weighted by Gasteiger charge is -2.46. The van der Waals surface area contributed by atoms with Crippen molar-refractivity contribution in [3.8, 4) is 61.3 Å². The molecule has 4 heterocycles. The Bertz CT molecular complexity index is 6360. The quantitative estimate of drug-likeness (QED) is 0.142. The minimum absolute atomic E-state index is 0.0302. The van der Waals surface area contributed by atoms with Crippen LogP contribution in [0.3, 0.4) is 0 Å². The highest BCUT2D eigenvalue weighted by Gasteiger charge is 2.46. The molecule has 17 rings (SSSR count). The van der Waals surface area contributed by atoms with Crippen molar-refractivity contribution in [1.29, 1.82) is 0 Å². The minimum Gasteiger partial charge on any atom is -0.456 e. The third kappa shape index (κ3) is 10.4. The van der Waals surface area contributed by atoms with E-state index < -0.39 is 73.2 Å². The number of rotatable bonds is 8. The van der Waals surface area contributed by atoms with Gasteiger partial charge < -0.3 is 18.8 Å². The van der Waals surface area contributed by atoms with Crippen LogP contribution in [0.5, 0.6) is 0 Å². The Labute approximate surface area is 601 Å². The number of aromatic nitrogens is 1. The first-order chi connectivity index (χ1) is 53.0. The molecule has 0 spiro atoms. The molecule has 0 atom stereocenters. The van der Waals surface area contributed by atoms with Gasteiger partial charge in [-0.3, -0.25) is 0 Å². The van der Waals surface area contributed by atoms with Gasteiger partial charge in [-0.1, -0.05) is 289 Å². The molecule has 482 valence electrons. The van der Waals surface area contributed by atoms with Gasteiger partial charge in [0.25, 0.3) is 6.71 Å². The third-order valence-electron chi connectivity index (χ3n) is 20.3. The van der Waals surface area contributed by atoms with Crippen molar-refractivity contribution in [2.45, 2.75) is 105 Å². The molecule has 0 amide bonds. The molecule has 0 bridgehead atoms. The number of nitrogens with zero attached hydrogens (tertiary/aromatic N) is 3. The monoisotopic (exact) mass is 1290 g/mol. The molecule has 2 aliphatic heterocycles. The van der Waals surface area contributed by atoms with Crippen molar-refractivity contribution in [2.75, 3.05) is 9.80 Å². The van der Waals surface area contributed by atoms with Gasteiger partial charge in [-0.15, -0.1) is 0 Å². The summed E-state index contributed by atoms with van der Waals surface area (Å²) in [5.41, 5.74) is 19.1. The molecule has 0 saturated heterocycles. The number of benzene rings is 13. The van der Waals surface area contributed by atoms with E-state index >= 15 is 0 Å². The first-order valence-electron chi connectivity index (χ1n) is 40.7. The van der Waals surface area contributed by atoms with E-state index in [2.05, 4.69) is 226 Å². The third-order valence-corrected chi connectivity index (χ3v) is 20.3. The summed E-state index contributed by atoms with van der Waals surface area (Å²) in [6.07, 6.45) is 0. The van der Waals surface area contributed by atoms with Gasteiger partial charge in [0.1, 0.15) is 11.2 Å². The van der Waals surface area contributed by atoms with E-state index in [0.29, 0.717) is 33.8 Å². The maximum absolute atomic E-state index is 9.86. The highest BCUT2D eigenvalue weighted by Crippen LogP contribution is 2.55. The molecule has 0 unspecified atom stereocenters. The first kappa shape index (κ1) is 48.8. The summed E-state index contributed by atoms with van der Waals surface area (Å²) in [5.74, 6) is 0. The van der Waals surface area contributed by atoms with Crippen molar-refractivity contribution in [3.05, 3.63) is 301 Å². The van der Waals surface area contributed by atoms with E-state index in [1.807, 2.05) is 66.7 Å². The molecule has 0 saturated carbocycles. The van der Waals surface area contributed by atoms with Crippen LogP contribution in [0.4, 0.5) is 34.1 Å². The van der Waals surface area contributed by atoms with Crippen LogP contribution in [0.15, 0.2) is 283 Å². The largest absolute Gasteiger partial charge is 0.456 e. The first-order valence-corrected chi connectivity index (χ1v) is 34.2. The van der Waals surface area contributed by atoms with Gasteiger partial charge in [-0.05, 0) is 178 Å². The van der Waals surface area contributed by atoms with E-state index in [0.717, 1.165) is 117 Å². The number of fused-ring (bicyclic) bond motifs is 10. The van der Waals surface area contributed by atoms with Crippen molar-refractivity contribution in [3.63, 3.8) is 0 Å². The van der Waals surface area contributed by atoms with Crippen LogP contribution in [0.25, 0.3) is 105 Å². The summed E-state index contributed by atoms with van der Waals surface area (Å²) in [5, 5.41) is 1.52. The van der Waals surface area contributed by atoms with Crippen molar-refractivity contribution >= 4 is 101 Å². The van der Waals surface area contributed by atoms with Crippen molar-refractivity contribution < 1.29 is 22.2 Å². The SMILES string of the molecule is [2H]c1c([2H])c([2H])c(-c2ccc3c(c2)N(c2c(-c4ccccc4)cc(C(C)(C)C)cc2-c2ccccc2)c2cc(-c4cc(C(C)(C)C)cc(C(C)(C)C)c4)cc4c2B3c2ccc(-n3c5c([2H])c([2H])c([2H])c([2H])c5c5c([2H])c([2H])c([2H])c([2H])c53)cc2N4c2cc(-c3cccc(C(C)(C)C)c3)cc3oc4ccccc4c23)c([2H])c1[2H]. The van der Waals surface area contributed by atoms with Gasteiger partial charge in [0.05, 0.1) is 45.6 Å². The lowest BCUT2D eigenvalue weighted by atomic mass is 9.33. The van der Waals surface area contributed by atoms with Gasteiger partial charge in [-0.25, -0.2) is 0 Å². The number of hydrogen-bond acceptors (Lipinski definition) is 3. The van der Waals surface area contributed by atoms with Gasteiger partial charge in [0.15, 0.2) is 0 Å². The fraction of sp³-hybridized carbons (Fsp3) is 0.170. The molecular formula is C94H82BN3O. The Morgan fingerprint density at radius 1 is 0.323 bits per heavy atom. The molecule has 0 radical (unpaired) electrons. The van der Waals surface area contributed by atoms with Crippen LogP contribution in [-0.4, -0.2) is 11.3 Å². The highest BCUT2D eigenvalue weighted by molar-refractivity contribution is 7.00. The van der Waals surface area contributed by atoms with Gasteiger partial charge in [0, 0.05) is 55.7 Å². The maximum Gasteiger partial charge on any atom is 0.252 e. The second-order valence-electron chi connectivity index (χ2n) is 30.8. The van der Waals surface area contributed by atoms with Gasteiger partial charge in [-0.2, -0.15) is 0 Å². The van der Waals surface area contributed by atoms with E-state index in [1.165, 1.54) is 0 Å².